The average molecular weight is 293 g/mol. The van der Waals surface area contributed by atoms with Crippen molar-refractivity contribution in [1.82, 2.24) is 30.2 Å². The van der Waals surface area contributed by atoms with Crippen LogP contribution in [0, 0.1) is 0 Å². The van der Waals surface area contributed by atoms with Crippen LogP contribution in [0.1, 0.15) is 26.8 Å². The Hall–Kier alpha value is -2.03. The van der Waals surface area contributed by atoms with Crippen LogP contribution >= 0.6 is 11.8 Å². The van der Waals surface area contributed by atoms with Crippen LogP contribution in [0.25, 0.3) is 0 Å². The second-order valence-electron chi connectivity index (χ2n) is 4.32. The molecule has 0 fully saturated rings. The van der Waals surface area contributed by atoms with Gasteiger partial charge in [-0.15, -0.1) is 5.10 Å². The normalized spacial score (nSPS) is 12.4. The molecule has 0 aliphatic heterocycles. The summed E-state index contributed by atoms with van der Waals surface area (Å²) in [5, 5.41) is 14.3. The highest BCUT2D eigenvalue weighted by molar-refractivity contribution is 8.00. The van der Waals surface area contributed by atoms with Crippen molar-refractivity contribution in [1.29, 1.82) is 0 Å². The molecule has 0 saturated carbocycles. The van der Waals surface area contributed by atoms with Crippen molar-refractivity contribution >= 4 is 23.6 Å². The first-order valence-corrected chi connectivity index (χ1v) is 6.98. The molecular formula is C11H15N7OS. The number of carbonyl (C=O) groups excluding carboxylic acids is 1. The molecule has 1 amide bonds. The van der Waals surface area contributed by atoms with Crippen LogP contribution in [0.3, 0.4) is 0 Å². The van der Waals surface area contributed by atoms with E-state index in [1.54, 1.807) is 30.1 Å². The van der Waals surface area contributed by atoms with E-state index in [1.807, 2.05) is 13.8 Å². The Morgan fingerprint density at radius 2 is 2.00 bits per heavy atom. The first-order valence-electron chi connectivity index (χ1n) is 6.10. The SMILES string of the molecule is CC(Sc1nnnn1C(C)C)C(=O)Nc1ncccn1. The predicted molar refractivity (Wildman–Crippen MR) is 74.2 cm³/mol. The van der Waals surface area contributed by atoms with Gasteiger partial charge in [0.25, 0.3) is 0 Å². The third-order valence-corrected chi connectivity index (χ3v) is 3.45. The van der Waals surface area contributed by atoms with E-state index in [2.05, 4.69) is 30.8 Å². The molecule has 0 bridgehead atoms. The molecule has 1 atom stereocenters. The van der Waals surface area contributed by atoms with Crippen LogP contribution in [0.4, 0.5) is 5.95 Å². The van der Waals surface area contributed by atoms with E-state index in [0.29, 0.717) is 5.16 Å². The summed E-state index contributed by atoms with van der Waals surface area (Å²) in [7, 11) is 0. The van der Waals surface area contributed by atoms with Gasteiger partial charge >= 0.3 is 0 Å². The van der Waals surface area contributed by atoms with Gasteiger partial charge in [-0.05, 0) is 37.3 Å². The number of hydrogen-bond donors (Lipinski definition) is 1. The minimum atomic E-state index is -0.359. The van der Waals surface area contributed by atoms with Gasteiger partial charge in [0, 0.05) is 12.4 Å². The van der Waals surface area contributed by atoms with E-state index in [9.17, 15) is 4.79 Å². The molecular weight excluding hydrogens is 278 g/mol. The summed E-state index contributed by atoms with van der Waals surface area (Å²) >= 11 is 1.29. The molecule has 8 nitrogen and oxygen atoms in total. The molecule has 106 valence electrons. The number of amides is 1. The molecule has 0 aromatic carbocycles. The highest BCUT2D eigenvalue weighted by Gasteiger charge is 2.20. The summed E-state index contributed by atoms with van der Waals surface area (Å²) in [4.78, 5) is 19.9. The van der Waals surface area contributed by atoms with E-state index in [1.165, 1.54) is 11.8 Å². The van der Waals surface area contributed by atoms with Gasteiger partial charge in [-0.2, -0.15) is 0 Å². The van der Waals surface area contributed by atoms with Crippen molar-refractivity contribution in [3.05, 3.63) is 18.5 Å². The van der Waals surface area contributed by atoms with Gasteiger partial charge in [0.05, 0.1) is 11.3 Å². The summed E-state index contributed by atoms with van der Waals surface area (Å²) < 4.78 is 1.67. The molecule has 2 aromatic rings. The highest BCUT2D eigenvalue weighted by Crippen LogP contribution is 2.22. The van der Waals surface area contributed by atoms with E-state index in [4.69, 9.17) is 0 Å². The van der Waals surface area contributed by atoms with Gasteiger partial charge in [0.15, 0.2) is 0 Å². The topological polar surface area (TPSA) is 98.5 Å². The molecule has 9 heteroatoms. The quantitative estimate of drug-likeness (QED) is 0.826. The lowest BCUT2D eigenvalue weighted by Gasteiger charge is -2.11. The van der Waals surface area contributed by atoms with E-state index in [-0.39, 0.29) is 23.1 Å². The first kappa shape index (κ1) is 14.4. The van der Waals surface area contributed by atoms with Gasteiger partial charge in [-0.3, -0.25) is 10.1 Å². The fraction of sp³-hybridized carbons (Fsp3) is 0.455. The van der Waals surface area contributed by atoms with E-state index >= 15 is 0 Å². The number of thioether (sulfide) groups is 1. The number of nitrogens with zero attached hydrogens (tertiary/aromatic N) is 6. The number of hydrogen-bond acceptors (Lipinski definition) is 7. The number of rotatable bonds is 5. The molecule has 2 aromatic heterocycles. The van der Waals surface area contributed by atoms with Crippen LogP contribution in [-0.4, -0.2) is 41.3 Å². The Kier molecular flexibility index (Phi) is 4.61. The summed E-state index contributed by atoms with van der Waals surface area (Å²) in [5.41, 5.74) is 0. The largest absolute Gasteiger partial charge is 0.294 e. The van der Waals surface area contributed by atoms with Crippen LogP contribution in [-0.2, 0) is 4.79 Å². The van der Waals surface area contributed by atoms with Gasteiger partial charge in [-0.25, -0.2) is 14.6 Å². The maximum Gasteiger partial charge on any atom is 0.240 e. The smallest absolute Gasteiger partial charge is 0.240 e. The lowest BCUT2D eigenvalue weighted by atomic mass is 10.4. The molecule has 0 aliphatic rings. The Morgan fingerprint density at radius 3 is 2.65 bits per heavy atom. The van der Waals surface area contributed by atoms with Gasteiger partial charge in [0.2, 0.25) is 17.0 Å². The third-order valence-electron chi connectivity index (χ3n) is 2.40. The van der Waals surface area contributed by atoms with Crippen LogP contribution in [0.5, 0.6) is 0 Å². The average Bonchev–Trinajstić information content (AvgIpc) is 2.88. The fourth-order valence-electron chi connectivity index (χ4n) is 1.37. The van der Waals surface area contributed by atoms with Gasteiger partial charge in [-0.1, -0.05) is 11.8 Å². The monoisotopic (exact) mass is 293 g/mol. The van der Waals surface area contributed by atoms with Crippen molar-refractivity contribution in [2.45, 2.75) is 37.2 Å². The Balaban J connectivity index is 1.99. The van der Waals surface area contributed by atoms with E-state index < -0.39 is 0 Å². The molecule has 1 N–H and O–H groups in total. The van der Waals surface area contributed by atoms with Crippen LogP contribution < -0.4 is 5.32 Å². The second-order valence-corrected chi connectivity index (χ2v) is 5.63. The molecule has 20 heavy (non-hydrogen) atoms. The lowest BCUT2D eigenvalue weighted by Crippen LogP contribution is -2.24. The molecule has 2 heterocycles. The molecule has 0 spiro atoms. The summed E-state index contributed by atoms with van der Waals surface area (Å²) in [6.07, 6.45) is 3.14. The molecule has 0 radical (unpaired) electrons. The maximum atomic E-state index is 12.0. The maximum absolute atomic E-state index is 12.0. The van der Waals surface area contributed by atoms with Crippen molar-refractivity contribution in [3.63, 3.8) is 0 Å². The van der Waals surface area contributed by atoms with Crippen LogP contribution in [0.2, 0.25) is 0 Å². The minimum absolute atomic E-state index is 0.139. The fourth-order valence-corrected chi connectivity index (χ4v) is 2.30. The van der Waals surface area contributed by atoms with Gasteiger partial charge < -0.3 is 0 Å². The number of carbonyl (C=O) groups is 1. The van der Waals surface area contributed by atoms with E-state index in [0.717, 1.165) is 0 Å². The Bertz CT molecular complexity index is 571. The standard InChI is InChI=1S/C11H15N7OS/c1-7(2)18-11(15-16-17-18)20-8(3)9(19)14-10-12-5-4-6-13-10/h4-8H,1-3H3,(H,12,13,14,19). The zero-order valence-electron chi connectivity index (χ0n) is 11.4. The summed E-state index contributed by atoms with van der Waals surface area (Å²) in [5.74, 6) is 0.0907. The van der Waals surface area contributed by atoms with Crippen molar-refractivity contribution in [2.24, 2.45) is 0 Å². The predicted octanol–water partition coefficient (Wildman–Crippen LogP) is 1.16. The highest BCUT2D eigenvalue weighted by atomic mass is 32.2. The molecule has 1 unspecified atom stereocenters. The van der Waals surface area contributed by atoms with Crippen molar-refractivity contribution < 1.29 is 4.79 Å². The number of nitrogens with one attached hydrogen (secondary N) is 1. The number of tetrazole rings is 1. The Labute approximate surface area is 120 Å². The zero-order valence-corrected chi connectivity index (χ0v) is 12.2. The number of anilines is 1. The van der Waals surface area contributed by atoms with Crippen molar-refractivity contribution in [2.75, 3.05) is 5.32 Å². The van der Waals surface area contributed by atoms with Gasteiger partial charge in [0.1, 0.15) is 0 Å². The second kappa shape index (κ2) is 6.42. The zero-order chi connectivity index (χ0) is 14.5. The Morgan fingerprint density at radius 1 is 1.30 bits per heavy atom. The van der Waals surface area contributed by atoms with Crippen LogP contribution in [0.15, 0.2) is 23.6 Å². The minimum Gasteiger partial charge on any atom is -0.294 e. The molecule has 0 saturated heterocycles. The number of aromatic nitrogens is 6. The molecule has 0 aliphatic carbocycles. The molecule has 2 rings (SSSR count). The summed E-state index contributed by atoms with van der Waals surface area (Å²) in [6.45, 7) is 5.73. The van der Waals surface area contributed by atoms with Crippen molar-refractivity contribution in [3.8, 4) is 0 Å². The first-order chi connectivity index (χ1) is 9.58. The lowest BCUT2D eigenvalue weighted by molar-refractivity contribution is -0.115. The summed E-state index contributed by atoms with van der Waals surface area (Å²) in [6, 6.07) is 1.82. The third kappa shape index (κ3) is 3.50.